The van der Waals surface area contributed by atoms with Crippen molar-refractivity contribution in [2.45, 2.75) is 44.7 Å². The highest BCUT2D eigenvalue weighted by Gasteiger charge is 2.31. The third kappa shape index (κ3) is 4.42. The normalized spacial score (nSPS) is 16.9. The first-order valence-electron chi connectivity index (χ1n) is 9.60. The fourth-order valence-corrected chi connectivity index (χ4v) is 4.55. The summed E-state index contributed by atoms with van der Waals surface area (Å²) < 4.78 is 26.8. The Morgan fingerprint density at radius 3 is 2.38 bits per heavy atom. The molecule has 2 N–H and O–H groups in total. The summed E-state index contributed by atoms with van der Waals surface area (Å²) in [6, 6.07) is 13.8. The van der Waals surface area contributed by atoms with E-state index in [4.69, 9.17) is 0 Å². The van der Waals surface area contributed by atoms with Crippen LogP contribution in [0.4, 0.5) is 11.4 Å². The highest BCUT2D eigenvalue weighted by Crippen LogP contribution is 2.23. The minimum Gasteiger partial charge on any atom is -0.369 e. The molecule has 0 spiro atoms. The van der Waals surface area contributed by atoms with Gasteiger partial charge in [0.1, 0.15) is 11.9 Å². The number of rotatable bonds is 6. The van der Waals surface area contributed by atoms with Crippen LogP contribution in [0.3, 0.4) is 0 Å². The maximum Gasteiger partial charge on any atom is 0.263 e. The molecule has 1 amide bonds. The quantitative estimate of drug-likeness (QED) is 0.760. The van der Waals surface area contributed by atoms with Gasteiger partial charge in [-0.3, -0.25) is 14.5 Å². The van der Waals surface area contributed by atoms with Crippen molar-refractivity contribution < 1.29 is 13.2 Å². The van der Waals surface area contributed by atoms with Crippen LogP contribution in [-0.4, -0.2) is 38.8 Å². The molecule has 2 aromatic rings. The minimum atomic E-state index is -3.62. The topological polar surface area (TPSA) is 90.9 Å². The van der Waals surface area contributed by atoms with Crippen LogP contribution in [0, 0.1) is 0 Å². The van der Waals surface area contributed by atoms with Crippen molar-refractivity contribution in [3.8, 4) is 0 Å². The van der Waals surface area contributed by atoms with Gasteiger partial charge < -0.3 is 10.2 Å². The van der Waals surface area contributed by atoms with Gasteiger partial charge in [-0.2, -0.15) is 0 Å². The lowest BCUT2D eigenvalue weighted by atomic mass is 10.2. The first kappa shape index (κ1) is 20.9. The molecule has 1 heterocycles. The largest absolute Gasteiger partial charge is 0.369 e. The highest BCUT2D eigenvalue weighted by atomic mass is 32.2. The molecule has 0 bridgehead atoms. The second kappa shape index (κ2) is 8.24. The van der Waals surface area contributed by atoms with Crippen molar-refractivity contribution in [1.29, 1.82) is 0 Å². The first-order chi connectivity index (χ1) is 13.7. The van der Waals surface area contributed by atoms with Gasteiger partial charge in [0.25, 0.3) is 10.0 Å². The number of benzene rings is 2. The number of carbonyl (C=O) groups excluding carboxylic acids is 1. The number of hydrogen-bond acceptors (Lipinski definition) is 5. The molecule has 3 rings (SSSR count). The van der Waals surface area contributed by atoms with Gasteiger partial charge in [-0.25, -0.2) is 8.42 Å². The third-order valence-electron chi connectivity index (χ3n) is 4.80. The van der Waals surface area contributed by atoms with E-state index in [2.05, 4.69) is 40.7 Å². The van der Waals surface area contributed by atoms with Crippen molar-refractivity contribution in [2.75, 3.05) is 16.8 Å². The lowest BCUT2D eigenvalue weighted by Gasteiger charge is -2.27. The molecule has 0 saturated heterocycles. The van der Waals surface area contributed by atoms with E-state index in [1.807, 2.05) is 24.3 Å². The molecule has 1 atom stereocenters. The van der Waals surface area contributed by atoms with Crippen molar-refractivity contribution in [2.24, 2.45) is 4.99 Å². The van der Waals surface area contributed by atoms with Crippen LogP contribution in [0.5, 0.6) is 0 Å². The zero-order chi connectivity index (χ0) is 21.2. The highest BCUT2D eigenvalue weighted by molar-refractivity contribution is 7.90. The SMILES string of the molecule is CCN(c1ccc(NC(=O)[C@H](C)N=C2NS(=O)(=O)c3ccccc32)cc1)C(C)C. The first-order valence-corrected chi connectivity index (χ1v) is 11.1. The number of anilines is 2. The predicted octanol–water partition coefficient (Wildman–Crippen LogP) is 2.99. The van der Waals surface area contributed by atoms with E-state index in [1.165, 1.54) is 6.07 Å². The Morgan fingerprint density at radius 2 is 1.76 bits per heavy atom. The molecule has 2 aromatic carbocycles. The Hall–Kier alpha value is -2.87. The summed E-state index contributed by atoms with van der Waals surface area (Å²) in [4.78, 5) is 19.3. The molecule has 0 aromatic heterocycles. The van der Waals surface area contributed by atoms with Crippen LogP contribution in [0.25, 0.3) is 0 Å². The zero-order valence-electron chi connectivity index (χ0n) is 17.0. The number of hydrogen-bond donors (Lipinski definition) is 2. The molecule has 0 radical (unpaired) electrons. The van der Waals surface area contributed by atoms with Gasteiger partial charge in [-0.05, 0) is 64.1 Å². The van der Waals surface area contributed by atoms with Gasteiger partial charge in [0.05, 0.1) is 4.90 Å². The Morgan fingerprint density at radius 1 is 1.10 bits per heavy atom. The maximum atomic E-state index is 12.6. The number of nitrogens with zero attached hydrogens (tertiary/aromatic N) is 2. The molecule has 29 heavy (non-hydrogen) atoms. The monoisotopic (exact) mass is 414 g/mol. The third-order valence-corrected chi connectivity index (χ3v) is 6.19. The Bertz CT molecular complexity index is 1030. The predicted molar refractivity (Wildman–Crippen MR) is 116 cm³/mol. The molecule has 0 fully saturated rings. The number of amides is 1. The van der Waals surface area contributed by atoms with Gasteiger partial charge in [0, 0.05) is 29.5 Å². The van der Waals surface area contributed by atoms with E-state index in [0.29, 0.717) is 17.3 Å². The second-order valence-electron chi connectivity index (χ2n) is 7.17. The van der Waals surface area contributed by atoms with Crippen molar-refractivity contribution >= 4 is 33.1 Å². The fraction of sp³-hybridized carbons (Fsp3) is 0.333. The number of aliphatic imine (C=N–C) groups is 1. The summed E-state index contributed by atoms with van der Waals surface area (Å²) in [6.07, 6.45) is 0. The van der Waals surface area contributed by atoms with Crippen LogP contribution in [0.1, 0.15) is 33.3 Å². The van der Waals surface area contributed by atoms with Crippen molar-refractivity contribution in [1.82, 2.24) is 4.72 Å². The molecule has 1 aliphatic heterocycles. The van der Waals surface area contributed by atoms with E-state index >= 15 is 0 Å². The van der Waals surface area contributed by atoms with Crippen LogP contribution in [0.2, 0.25) is 0 Å². The Kier molecular flexibility index (Phi) is 5.93. The molecular weight excluding hydrogens is 388 g/mol. The van der Waals surface area contributed by atoms with Gasteiger partial charge >= 0.3 is 0 Å². The van der Waals surface area contributed by atoms with Gasteiger partial charge in [0.2, 0.25) is 5.91 Å². The van der Waals surface area contributed by atoms with Crippen molar-refractivity contribution in [3.63, 3.8) is 0 Å². The Labute approximate surface area is 171 Å². The van der Waals surface area contributed by atoms with E-state index in [0.717, 1.165) is 12.2 Å². The maximum absolute atomic E-state index is 12.6. The lowest BCUT2D eigenvalue weighted by Crippen LogP contribution is -2.30. The van der Waals surface area contributed by atoms with Crippen LogP contribution in [0.15, 0.2) is 58.4 Å². The van der Waals surface area contributed by atoms with Gasteiger partial charge in [-0.15, -0.1) is 0 Å². The van der Waals surface area contributed by atoms with E-state index in [1.54, 1.807) is 25.1 Å². The molecule has 0 unspecified atom stereocenters. The summed E-state index contributed by atoms with van der Waals surface area (Å²) in [5, 5.41) is 2.83. The minimum absolute atomic E-state index is 0.174. The summed E-state index contributed by atoms with van der Waals surface area (Å²) in [5.74, 6) is -0.126. The van der Waals surface area contributed by atoms with E-state index in [9.17, 15) is 13.2 Å². The molecular formula is C21H26N4O3S. The molecule has 8 heteroatoms. The second-order valence-corrected chi connectivity index (χ2v) is 8.82. The standard InChI is InChI=1S/C21H26N4O3S/c1-5-25(14(2)3)17-12-10-16(11-13-17)23-21(26)15(4)22-20-18-8-6-7-9-19(18)29(27,28)24-20/h6-15H,5H2,1-4H3,(H,22,24)(H,23,26)/t15-/m0/s1. The summed E-state index contributed by atoms with van der Waals surface area (Å²) in [7, 11) is -3.62. The molecule has 7 nitrogen and oxygen atoms in total. The Balaban J connectivity index is 1.73. The molecule has 154 valence electrons. The van der Waals surface area contributed by atoms with Gasteiger partial charge in [0.15, 0.2) is 0 Å². The molecule has 0 aliphatic carbocycles. The lowest BCUT2D eigenvalue weighted by molar-refractivity contribution is -0.117. The van der Waals surface area contributed by atoms with Crippen LogP contribution in [-0.2, 0) is 14.8 Å². The summed E-state index contributed by atoms with van der Waals surface area (Å²) >= 11 is 0. The van der Waals surface area contributed by atoms with Gasteiger partial charge in [-0.1, -0.05) is 12.1 Å². The number of carbonyl (C=O) groups is 1. The average Bonchev–Trinajstić information content (AvgIpc) is 2.94. The molecule has 0 saturated carbocycles. The summed E-state index contributed by atoms with van der Waals surface area (Å²) in [6.45, 7) is 8.90. The number of fused-ring (bicyclic) bond motifs is 1. The van der Waals surface area contributed by atoms with Crippen LogP contribution >= 0.6 is 0 Å². The average molecular weight is 415 g/mol. The zero-order valence-corrected chi connectivity index (χ0v) is 17.8. The number of nitrogens with one attached hydrogen (secondary N) is 2. The van der Waals surface area contributed by atoms with Crippen LogP contribution < -0.4 is 14.9 Å². The summed E-state index contributed by atoms with van der Waals surface area (Å²) in [5.41, 5.74) is 2.23. The molecule has 1 aliphatic rings. The fourth-order valence-electron chi connectivity index (χ4n) is 3.31. The number of sulfonamides is 1. The number of amidine groups is 1. The van der Waals surface area contributed by atoms with Crippen molar-refractivity contribution in [3.05, 3.63) is 54.1 Å². The van der Waals surface area contributed by atoms with E-state index in [-0.39, 0.29) is 16.6 Å². The smallest absolute Gasteiger partial charge is 0.263 e. The van der Waals surface area contributed by atoms with E-state index < -0.39 is 16.1 Å².